The minimum Gasteiger partial charge on any atom is -0.504 e. The molecule has 0 atom stereocenters. The maximum atomic E-state index is 11.5. The van der Waals surface area contributed by atoms with E-state index in [1.165, 1.54) is 13.4 Å². The third-order valence-electron chi connectivity index (χ3n) is 3.00. The number of phenols is 1. The molecule has 0 bridgehead atoms. The highest BCUT2D eigenvalue weighted by molar-refractivity contribution is 7.90. The van der Waals surface area contributed by atoms with Crippen molar-refractivity contribution in [2.24, 2.45) is 0 Å². The van der Waals surface area contributed by atoms with Crippen molar-refractivity contribution in [1.29, 1.82) is 0 Å². The van der Waals surface area contributed by atoms with Crippen molar-refractivity contribution in [2.45, 2.75) is 11.4 Å². The molecule has 21 heavy (non-hydrogen) atoms. The molecule has 0 saturated heterocycles. The van der Waals surface area contributed by atoms with Gasteiger partial charge < -0.3 is 15.2 Å². The number of benzene rings is 2. The molecule has 112 valence electrons. The molecule has 6 heteroatoms. The lowest BCUT2D eigenvalue weighted by molar-refractivity contribution is 0.373. The van der Waals surface area contributed by atoms with Crippen molar-refractivity contribution in [3.8, 4) is 11.5 Å². The molecule has 2 aromatic carbocycles. The van der Waals surface area contributed by atoms with Crippen molar-refractivity contribution < 1.29 is 18.3 Å². The van der Waals surface area contributed by atoms with E-state index in [2.05, 4.69) is 5.32 Å². The van der Waals surface area contributed by atoms with E-state index in [1.54, 1.807) is 36.4 Å². The average molecular weight is 307 g/mol. The summed E-state index contributed by atoms with van der Waals surface area (Å²) in [6.07, 6.45) is 1.17. The van der Waals surface area contributed by atoms with E-state index in [9.17, 15) is 13.5 Å². The van der Waals surface area contributed by atoms with E-state index in [0.29, 0.717) is 18.0 Å². The molecule has 0 heterocycles. The zero-order valence-corrected chi connectivity index (χ0v) is 12.6. The lowest BCUT2D eigenvalue weighted by Gasteiger charge is -2.09. The van der Waals surface area contributed by atoms with Crippen molar-refractivity contribution in [3.63, 3.8) is 0 Å². The first-order valence-corrected chi connectivity index (χ1v) is 8.19. The lowest BCUT2D eigenvalue weighted by Crippen LogP contribution is -2.02. The molecule has 5 nitrogen and oxygen atoms in total. The SMILES string of the molecule is COc1ccc(CNc2cccc(S(C)(=O)=O)c2)cc1O. The lowest BCUT2D eigenvalue weighted by atomic mass is 10.2. The van der Waals surface area contributed by atoms with Gasteiger partial charge in [-0.15, -0.1) is 0 Å². The van der Waals surface area contributed by atoms with E-state index >= 15 is 0 Å². The van der Waals surface area contributed by atoms with Gasteiger partial charge in [-0.25, -0.2) is 8.42 Å². The summed E-state index contributed by atoms with van der Waals surface area (Å²) in [4.78, 5) is 0.269. The standard InChI is InChI=1S/C15H17NO4S/c1-20-15-7-6-11(8-14(15)17)10-16-12-4-3-5-13(9-12)21(2,18)19/h3-9,16-17H,10H2,1-2H3. The molecule has 0 saturated carbocycles. The van der Waals surface area contributed by atoms with Crippen LogP contribution in [0.3, 0.4) is 0 Å². The second-order valence-electron chi connectivity index (χ2n) is 4.66. The summed E-state index contributed by atoms with van der Waals surface area (Å²) in [6, 6.07) is 11.7. The molecule has 0 aliphatic heterocycles. The number of hydrogen-bond acceptors (Lipinski definition) is 5. The normalized spacial score (nSPS) is 11.1. The zero-order valence-electron chi connectivity index (χ0n) is 11.8. The summed E-state index contributed by atoms with van der Waals surface area (Å²) in [7, 11) is -1.73. The largest absolute Gasteiger partial charge is 0.504 e. The number of phenolic OH excluding ortho intramolecular Hbond substituents is 1. The first-order valence-electron chi connectivity index (χ1n) is 6.30. The number of nitrogens with one attached hydrogen (secondary N) is 1. The second kappa shape index (κ2) is 6.05. The van der Waals surface area contributed by atoms with Gasteiger partial charge in [-0.1, -0.05) is 12.1 Å². The predicted octanol–water partition coefficient (Wildman–Crippen LogP) is 2.42. The van der Waals surface area contributed by atoms with E-state index < -0.39 is 9.84 Å². The highest BCUT2D eigenvalue weighted by atomic mass is 32.2. The van der Waals surface area contributed by atoms with Gasteiger partial charge in [0.1, 0.15) is 0 Å². The first-order chi connectivity index (χ1) is 9.90. The summed E-state index contributed by atoms with van der Waals surface area (Å²) in [5, 5.41) is 12.8. The first kappa shape index (κ1) is 15.2. The van der Waals surface area contributed by atoms with Gasteiger partial charge in [0, 0.05) is 18.5 Å². The van der Waals surface area contributed by atoms with Crippen LogP contribution >= 0.6 is 0 Å². The van der Waals surface area contributed by atoms with E-state index in [0.717, 1.165) is 5.56 Å². The number of hydrogen-bond donors (Lipinski definition) is 2. The summed E-state index contributed by atoms with van der Waals surface area (Å²) in [5.74, 6) is 0.486. The van der Waals surface area contributed by atoms with Gasteiger partial charge in [0.2, 0.25) is 0 Å². The highest BCUT2D eigenvalue weighted by Gasteiger charge is 2.07. The summed E-state index contributed by atoms with van der Waals surface area (Å²) in [5.41, 5.74) is 1.56. The van der Waals surface area contributed by atoms with Crippen molar-refractivity contribution in [3.05, 3.63) is 48.0 Å². The Labute approximate surface area is 124 Å². The number of anilines is 1. The Bertz CT molecular complexity index is 741. The highest BCUT2D eigenvalue weighted by Crippen LogP contribution is 2.26. The Morgan fingerprint density at radius 1 is 1.19 bits per heavy atom. The summed E-state index contributed by atoms with van der Waals surface area (Å²) in [6.45, 7) is 0.463. The number of aromatic hydroxyl groups is 1. The molecule has 2 aromatic rings. The monoisotopic (exact) mass is 307 g/mol. The fourth-order valence-corrected chi connectivity index (χ4v) is 2.55. The van der Waals surface area contributed by atoms with Crippen LogP contribution in [0.2, 0.25) is 0 Å². The van der Waals surface area contributed by atoms with Crippen LogP contribution < -0.4 is 10.1 Å². The molecule has 0 amide bonds. The zero-order chi connectivity index (χ0) is 15.5. The van der Waals surface area contributed by atoms with Gasteiger partial charge >= 0.3 is 0 Å². The topological polar surface area (TPSA) is 75.6 Å². The van der Waals surface area contributed by atoms with Gasteiger partial charge in [-0.2, -0.15) is 0 Å². The number of sulfone groups is 1. The summed E-state index contributed by atoms with van der Waals surface area (Å²) < 4.78 is 28.0. The molecule has 0 radical (unpaired) electrons. The Morgan fingerprint density at radius 2 is 1.95 bits per heavy atom. The maximum Gasteiger partial charge on any atom is 0.175 e. The fraction of sp³-hybridized carbons (Fsp3) is 0.200. The fourth-order valence-electron chi connectivity index (χ4n) is 1.89. The van der Waals surface area contributed by atoms with Crippen LogP contribution in [0.25, 0.3) is 0 Å². The molecule has 0 unspecified atom stereocenters. The van der Waals surface area contributed by atoms with Crippen molar-refractivity contribution in [2.75, 3.05) is 18.7 Å². The van der Waals surface area contributed by atoms with Crippen LogP contribution in [0, 0.1) is 0 Å². The minimum atomic E-state index is -3.22. The van der Waals surface area contributed by atoms with Crippen LogP contribution in [0.4, 0.5) is 5.69 Å². The van der Waals surface area contributed by atoms with Gasteiger partial charge in [-0.3, -0.25) is 0 Å². The molecule has 0 aromatic heterocycles. The van der Waals surface area contributed by atoms with Crippen LogP contribution in [0.15, 0.2) is 47.4 Å². The van der Waals surface area contributed by atoms with Gasteiger partial charge in [0.05, 0.1) is 12.0 Å². The van der Waals surface area contributed by atoms with E-state index in [4.69, 9.17) is 4.74 Å². The minimum absolute atomic E-state index is 0.0710. The Morgan fingerprint density at radius 3 is 2.57 bits per heavy atom. The van der Waals surface area contributed by atoms with Crippen LogP contribution in [-0.4, -0.2) is 26.9 Å². The maximum absolute atomic E-state index is 11.5. The van der Waals surface area contributed by atoms with Gasteiger partial charge in [0.25, 0.3) is 0 Å². The second-order valence-corrected chi connectivity index (χ2v) is 6.68. The molecule has 0 spiro atoms. The average Bonchev–Trinajstić information content (AvgIpc) is 2.45. The van der Waals surface area contributed by atoms with E-state index in [1.807, 2.05) is 6.07 Å². The quantitative estimate of drug-likeness (QED) is 0.887. The molecule has 2 rings (SSSR count). The third kappa shape index (κ3) is 3.88. The molecule has 0 aliphatic carbocycles. The number of ether oxygens (including phenoxy) is 1. The molecule has 2 N–H and O–H groups in total. The Kier molecular flexibility index (Phi) is 4.37. The van der Waals surface area contributed by atoms with Gasteiger partial charge in [-0.05, 0) is 35.9 Å². The number of rotatable bonds is 5. The molecule has 0 aliphatic rings. The van der Waals surface area contributed by atoms with E-state index in [-0.39, 0.29) is 10.6 Å². The smallest absolute Gasteiger partial charge is 0.175 e. The number of methoxy groups -OCH3 is 1. The Balaban J connectivity index is 2.11. The molecule has 0 fully saturated rings. The third-order valence-corrected chi connectivity index (χ3v) is 4.11. The van der Waals surface area contributed by atoms with Gasteiger partial charge in [0.15, 0.2) is 21.3 Å². The van der Waals surface area contributed by atoms with Crippen molar-refractivity contribution in [1.82, 2.24) is 0 Å². The van der Waals surface area contributed by atoms with Crippen molar-refractivity contribution >= 4 is 15.5 Å². The molecular formula is C15H17NO4S. The Hall–Kier alpha value is -2.21. The summed E-state index contributed by atoms with van der Waals surface area (Å²) >= 11 is 0. The molecular weight excluding hydrogens is 290 g/mol. The predicted molar refractivity (Wildman–Crippen MR) is 81.5 cm³/mol. The van der Waals surface area contributed by atoms with Crippen LogP contribution in [-0.2, 0) is 16.4 Å². The van der Waals surface area contributed by atoms with Crippen LogP contribution in [0.5, 0.6) is 11.5 Å². The van der Waals surface area contributed by atoms with Crippen LogP contribution in [0.1, 0.15) is 5.56 Å².